The van der Waals surface area contributed by atoms with Crippen LogP contribution < -0.4 is 0 Å². The molecule has 0 saturated carbocycles. The van der Waals surface area contributed by atoms with Crippen LogP contribution in [-0.2, 0) is 11.2 Å². The molecule has 94 valence electrons. The lowest BCUT2D eigenvalue weighted by molar-refractivity contribution is -0.141. The van der Waals surface area contributed by atoms with Gasteiger partial charge in [-0.1, -0.05) is 6.92 Å². The van der Waals surface area contributed by atoms with Gasteiger partial charge in [-0.3, -0.25) is 4.79 Å². The number of hydrogen-bond donors (Lipinski definition) is 1. The van der Waals surface area contributed by atoms with Gasteiger partial charge in [0.25, 0.3) is 0 Å². The van der Waals surface area contributed by atoms with Gasteiger partial charge in [0.1, 0.15) is 0 Å². The Balaban J connectivity index is 3.03. The van der Waals surface area contributed by atoms with E-state index in [1.807, 2.05) is 18.6 Å². The molecule has 0 aliphatic rings. The molecule has 0 aromatic heterocycles. The lowest BCUT2D eigenvalue weighted by Crippen LogP contribution is -2.12. The Kier molecular flexibility index (Phi) is 5.89. The van der Waals surface area contributed by atoms with Gasteiger partial charge >= 0.3 is 5.97 Å². The molecule has 0 heterocycles. The normalized spacial score (nSPS) is 12.5. The second-order valence-electron chi connectivity index (χ2n) is 3.76. The molecule has 1 rings (SSSR count). The number of rotatable bonds is 5. The lowest BCUT2D eigenvalue weighted by Gasteiger charge is -2.12. The van der Waals surface area contributed by atoms with E-state index in [-0.39, 0.29) is 5.92 Å². The minimum absolute atomic E-state index is 0.350. The van der Waals surface area contributed by atoms with Crippen molar-refractivity contribution in [3.63, 3.8) is 0 Å². The Morgan fingerprint density at radius 2 is 2.06 bits per heavy atom. The van der Waals surface area contributed by atoms with Crippen molar-refractivity contribution in [1.82, 2.24) is 0 Å². The van der Waals surface area contributed by atoms with Gasteiger partial charge < -0.3 is 5.11 Å². The Bertz CT molecular complexity index is 421. The maximum Gasteiger partial charge on any atom is 0.306 e. The third kappa shape index (κ3) is 3.93. The SMILES string of the molecule is CSc1cc(CC(C)C(=O)O)cc(Br)c1SC. The molecule has 5 heteroatoms. The van der Waals surface area contributed by atoms with E-state index in [1.165, 1.54) is 9.79 Å². The zero-order valence-electron chi connectivity index (χ0n) is 9.99. The van der Waals surface area contributed by atoms with Crippen molar-refractivity contribution in [1.29, 1.82) is 0 Å². The predicted molar refractivity (Wildman–Crippen MR) is 78.2 cm³/mol. The van der Waals surface area contributed by atoms with Crippen LogP contribution in [0.5, 0.6) is 0 Å². The molecule has 0 saturated heterocycles. The quantitative estimate of drug-likeness (QED) is 0.820. The fourth-order valence-corrected chi connectivity index (χ4v) is 4.23. The lowest BCUT2D eigenvalue weighted by atomic mass is 10.0. The molecule has 2 nitrogen and oxygen atoms in total. The second kappa shape index (κ2) is 6.71. The molecule has 0 fully saturated rings. The summed E-state index contributed by atoms with van der Waals surface area (Å²) in [6.45, 7) is 1.73. The van der Waals surface area contributed by atoms with Gasteiger partial charge in [-0.05, 0) is 52.6 Å². The van der Waals surface area contributed by atoms with Crippen molar-refractivity contribution in [3.8, 4) is 0 Å². The summed E-state index contributed by atoms with van der Waals surface area (Å²) in [5.41, 5.74) is 1.06. The number of carboxylic acids is 1. The Morgan fingerprint density at radius 1 is 1.41 bits per heavy atom. The summed E-state index contributed by atoms with van der Waals surface area (Å²) in [6.07, 6.45) is 4.64. The van der Waals surface area contributed by atoms with Crippen molar-refractivity contribution < 1.29 is 9.90 Å². The highest BCUT2D eigenvalue weighted by atomic mass is 79.9. The van der Waals surface area contributed by atoms with Gasteiger partial charge in [0.2, 0.25) is 0 Å². The van der Waals surface area contributed by atoms with Crippen LogP contribution in [0.15, 0.2) is 26.4 Å². The largest absolute Gasteiger partial charge is 0.481 e. The van der Waals surface area contributed by atoms with Crippen molar-refractivity contribution >= 4 is 45.4 Å². The highest BCUT2D eigenvalue weighted by Crippen LogP contribution is 2.36. The number of halogens is 1. The Labute approximate surface area is 119 Å². The number of hydrogen-bond acceptors (Lipinski definition) is 3. The number of benzene rings is 1. The van der Waals surface area contributed by atoms with E-state index in [2.05, 4.69) is 22.0 Å². The topological polar surface area (TPSA) is 37.3 Å². The molecule has 1 unspecified atom stereocenters. The first-order valence-electron chi connectivity index (χ1n) is 5.12. The van der Waals surface area contributed by atoms with Crippen LogP contribution in [-0.4, -0.2) is 23.6 Å². The van der Waals surface area contributed by atoms with Crippen LogP contribution in [0.1, 0.15) is 12.5 Å². The van der Waals surface area contributed by atoms with Gasteiger partial charge in [-0.15, -0.1) is 23.5 Å². The molecule has 0 spiro atoms. The van der Waals surface area contributed by atoms with E-state index in [1.54, 1.807) is 30.4 Å². The highest BCUT2D eigenvalue weighted by Gasteiger charge is 2.14. The average molecular weight is 335 g/mol. The molecular weight excluding hydrogens is 320 g/mol. The molecule has 0 amide bonds. The van der Waals surface area contributed by atoms with Gasteiger partial charge in [-0.2, -0.15) is 0 Å². The molecule has 1 aromatic carbocycles. The number of carbonyl (C=O) groups is 1. The highest BCUT2D eigenvalue weighted by molar-refractivity contribution is 9.10. The molecule has 1 atom stereocenters. The first kappa shape index (κ1) is 14.9. The summed E-state index contributed by atoms with van der Waals surface area (Å²) in [7, 11) is 0. The molecule has 0 radical (unpaired) electrons. The van der Waals surface area contributed by atoms with Crippen LogP contribution in [0.25, 0.3) is 0 Å². The fraction of sp³-hybridized carbons (Fsp3) is 0.417. The smallest absolute Gasteiger partial charge is 0.306 e. The van der Waals surface area contributed by atoms with E-state index >= 15 is 0 Å². The zero-order chi connectivity index (χ0) is 13.0. The number of thioether (sulfide) groups is 2. The van der Waals surface area contributed by atoms with Gasteiger partial charge in [0.05, 0.1) is 5.92 Å². The molecule has 0 aliphatic heterocycles. The number of carboxylic acid groups (broad SMARTS) is 1. The van der Waals surface area contributed by atoms with E-state index in [0.29, 0.717) is 6.42 Å². The standard InChI is InChI=1S/C12H15BrO2S2/c1-7(12(14)15)4-8-5-9(13)11(17-3)10(6-8)16-2/h5-7H,4H2,1-3H3,(H,14,15). The molecule has 17 heavy (non-hydrogen) atoms. The third-order valence-electron chi connectivity index (χ3n) is 2.46. The van der Waals surface area contributed by atoms with E-state index in [0.717, 1.165) is 10.0 Å². The van der Waals surface area contributed by atoms with Gasteiger partial charge in [0, 0.05) is 14.3 Å². The van der Waals surface area contributed by atoms with Crippen LogP contribution in [0.4, 0.5) is 0 Å². The molecule has 1 N–H and O–H groups in total. The summed E-state index contributed by atoms with van der Waals surface area (Å²) < 4.78 is 1.05. The molecular formula is C12H15BrO2S2. The number of aliphatic carboxylic acids is 1. The van der Waals surface area contributed by atoms with Crippen molar-refractivity contribution in [2.24, 2.45) is 5.92 Å². The summed E-state index contributed by atoms with van der Waals surface area (Å²) in [4.78, 5) is 13.3. The fourth-order valence-electron chi connectivity index (χ4n) is 1.53. The van der Waals surface area contributed by atoms with Crippen molar-refractivity contribution in [3.05, 3.63) is 22.2 Å². The molecule has 1 aromatic rings. The summed E-state index contributed by atoms with van der Waals surface area (Å²) >= 11 is 6.93. The summed E-state index contributed by atoms with van der Waals surface area (Å²) in [6, 6.07) is 4.10. The Hall–Kier alpha value is -0.130. The van der Waals surface area contributed by atoms with Crippen LogP contribution >= 0.6 is 39.5 Å². The Morgan fingerprint density at radius 3 is 2.53 bits per heavy atom. The third-order valence-corrected chi connectivity index (χ3v) is 5.08. The monoisotopic (exact) mass is 334 g/mol. The summed E-state index contributed by atoms with van der Waals surface area (Å²) in [5, 5.41) is 8.92. The predicted octanol–water partition coefficient (Wildman–Crippen LogP) is 4.16. The van der Waals surface area contributed by atoms with Crippen molar-refractivity contribution in [2.75, 3.05) is 12.5 Å². The summed E-state index contributed by atoms with van der Waals surface area (Å²) in [5.74, 6) is -1.10. The van der Waals surface area contributed by atoms with Crippen LogP contribution in [0.3, 0.4) is 0 Å². The van der Waals surface area contributed by atoms with Gasteiger partial charge in [-0.25, -0.2) is 0 Å². The minimum Gasteiger partial charge on any atom is -0.481 e. The maximum absolute atomic E-state index is 10.8. The second-order valence-corrected chi connectivity index (χ2v) is 6.28. The van der Waals surface area contributed by atoms with E-state index in [4.69, 9.17) is 5.11 Å². The van der Waals surface area contributed by atoms with E-state index in [9.17, 15) is 4.79 Å². The van der Waals surface area contributed by atoms with Crippen LogP contribution in [0.2, 0.25) is 0 Å². The first-order valence-corrected chi connectivity index (χ1v) is 8.37. The maximum atomic E-state index is 10.8. The van der Waals surface area contributed by atoms with Crippen molar-refractivity contribution in [2.45, 2.75) is 23.1 Å². The minimum atomic E-state index is -0.749. The first-order chi connectivity index (χ1) is 7.99. The zero-order valence-corrected chi connectivity index (χ0v) is 13.2. The van der Waals surface area contributed by atoms with Crippen LogP contribution in [0, 0.1) is 5.92 Å². The molecule has 0 bridgehead atoms. The van der Waals surface area contributed by atoms with E-state index < -0.39 is 5.97 Å². The van der Waals surface area contributed by atoms with Gasteiger partial charge in [0.15, 0.2) is 0 Å². The molecule has 0 aliphatic carbocycles. The average Bonchev–Trinajstić information content (AvgIpc) is 2.27.